The molecule has 1 saturated carbocycles. The Balaban J connectivity index is 1.59. The van der Waals surface area contributed by atoms with Gasteiger partial charge in [0.2, 0.25) is 5.91 Å². The van der Waals surface area contributed by atoms with Crippen molar-refractivity contribution in [3.8, 4) is 0 Å². The smallest absolute Gasteiger partial charge is 0.307 e. The molecule has 1 aromatic carbocycles. The number of amides is 1. The zero-order valence-corrected chi connectivity index (χ0v) is 14.3. The van der Waals surface area contributed by atoms with E-state index in [0.29, 0.717) is 5.13 Å². The van der Waals surface area contributed by atoms with Crippen molar-refractivity contribution in [2.75, 3.05) is 5.32 Å². The minimum atomic E-state index is -0.893. The first-order valence-electron chi connectivity index (χ1n) is 7.31. The highest BCUT2D eigenvalue weighted by Crippen LogP contribution is 2.48. The first kappa shape index (κ1) is 14.8. The standard InChI is InChI=1S/C16H13BrN2O3S/c17-9-3-4-10-11(6-9)23-16(18-10)19-14(20)12-7-1-2-8(5-7)13(12)15(21)22/h1-4,6-8,12-13H,5H2,(H,21,22)(H,18,19,20)/t7-,8-,12+,13-/m0/s1. The Morgan fingerprint density at radius 2 is 2.00 bits per heavy atom. The molecule has 2 aromatic rings. The number of nitrogens with zero attached hydrogens (tertiary/aromatic N) is 1. The number of aromatic nitrogens is 1. The summed E-state index contributed by atoms with van der Waals surface area (Å²) in [6.07, 6.45) is 4.66. The molecule has 0 aliphatic heterocycles. The van der Waals surface area contributed by atoms with Gasteiger partial charge in [0.25, 0.3) is 0 Å². The lowest BCUT2D eigenvalue weighted by Crippen LogP contribution is -2.36. The van der Waals surface area contributed by atoms with Gasteiger partial charge < -0.3 is 10.4 Å². The molecule has 4 rings (SSSR count). The minimum Gasteiger partial charge on any atom is -0.481 e. The van der Waals surface area contributed by atoms with E-state index in [9.17, 15) is 14.7 Å². The van der Waals surface area contributed by atoms with Crippen LogP contribution in [-0.4, -0.2) is 22.0 Å². The van der Waals surface area contributed by atoms with Crippen LogP contribution in [0.5, 0.6) is 0 Å². The van der Waals surface area contributed by atoms with Crippen molar-refractivity contribution in [3.63, 3.8) is 0 Å². The highest BCUT2D eigenvalue weighted by Gasteiger charge is 2.51. The summed E-state index contributed by atoms with van der Waals surface area (Å²) >= 11 is 4.80. The van der Waals surface area contributed by atoms with Gasteiger partial charge in [0, 0.05) is 4.47 Å². The Bertz CT molecular complexity index is 847. The molecular weight excluding hydrogens is 380 g/mol. The Kier molecular flexibility index (Phi) is 3.50. The van der Waals surface area contributed by atoms with Gasteiger partial charge >= 0.3 is 5.97 Å². The maximum absolute atomic E-state index is 12.6. The van der Waals surface area contributed by atoms with Gasteiger partial charge in [0.05, 0.1) is 22.1 Å². The molecule has 4 atom stereocenters. The molecule has 0 radical (unpaired) electrons. The molecule has 2 aliphatic rings. The van der Waals surface area contributed by atoms with Crippen LogP contribution in [0.4, 0.5) is 5.13 Å². The number of hydrogen-bond donors (Lipinski definition) is 2. The number of carbonyl (C=O) groups excluding carboxylic acids is 1. The molecule has 1 heterocycles. The number of carboxylic acid groups (broad SMARTS) is 1. The predicted octanol–water partition coefficient (Wildman–Crippen LogP) is 3.52. The van der Waals surface area contributed by atoms with E-state index in [1.807, 2.05) is 30.4 Å². The quantitative estimate of drug-likeness (QED) is 0.783. The fraction of sp³-hybridized carbons (Fsp3) is 0.312. The number of carboxylic acids is 1. The van der Waals surface area contributed by atoms with E-state index in [-0.39, 0.29) is 17.7 Å². The SMILES string of the molecule is O=C(O)[C@@H]1[C@H](C(=O)Nc2nc3ccc(Br)cc3s2)[C@H]2C=C[C@H]1C2. The predicted molar refractivity (Wildman–Crippen MR) is 91.3 cm³/mol. The summed E-state index contributed by atoms with van der Waals surface area (Å²) in [5.41, 5.74) is 0.816. The van der Waals surface area contributed by atoms with Crippen molar-refractivity contribution in [3.05, 3.63) is 34.8 Å². The van der Waals surface area contributed by atoms with E-state index in [0.717, 1.165) is 21.1 Å². The topological polar surface area (TPSA) is 79.3 Å². The van der Waals surface area contributed by atoms with E-state index in [1.54, 1.807) is 0 Å². The fourth-order valence-electron chi connectivity index (χ4n) is 3.66. The summed E-state index contributed by atoms with van der Waals surface area (Å²) in [4.78, 5) is 28.5. The Hall–Kier alpha value is -1.73. The second kappa shape index (κ2) is 5.42. The van der Waals surface area contributed by atoms with Gasteiger partial charge in [0.15, 0.2) is 5.13 Å². The summed E-state index contributed by atoms with van der Waals surface area (Å²) in [5.74, 6) is -2.29. The molecular formula is C16H13BrN2O3S. The van der Waals surface area contributed by atoms with Gasteiger partial charge in [-0.05, 0) is 36.5 Å². The van der Waals surface area contributed by atoms with Crippen molar-refractivity contribution in [1.29, 1.82) is 0 Å². The van der Waals surface area contributed by atoms with Crippen LogP contribution in [0.15, 0.2) is 34.8 Å². The summed E-state index contributed by atoms with van der Waals surface area (Å²) in [7, 11) is 0. The number of benzene rings is 1. The average Bonchev–Trinajstić information content (AvgIpc) is 3.18. The molecule has 1 amide bonds. The Labute approximate surface area is 144 Å². The first-order chi connectivity index (χ1) is 11.0. The van der Waals surface area contributed by atoms with E-state index >= 15 is 0 Å². The lowest BCUT2D eigenvalue weighted by atomic mass is 9.82. The molecule has 118 valence electrons. The van der Waals surface area contributed by atoms with Crippen molar-refractivity contribution in [2.45, 2.75) is 6.42 Å². The van der Waals surface area contributed by atoms with Gasteiger partial charge in [-0.2, -0.15) is 0 Å². The molecule has 2 bridgehead atoms. The van der Waals surface area contributed by atoms with E-state index < -0.39 is 17.8 Å². The van der Waals surface area contributed by atoms with Gasteiger partial charge in [-0.15, -0.1) is 0 Å². The maximum atomic E-state index is 12.6. The van der Waals surface area contributed by atoms with Crippen LogP contribution in [0.3, 0.4) is 0 Å². The second-order valence-corrected chi connectivity index (χ2v) is 7.90. The molecule has 23 heavy (non-hydrogen) atoms. The zero-order valence-electron chi connectivity index (χ0n) is 11.9. The van der Waals surface area contributed by atoms with Gasteiger partial charge in [-0.1, -0.05) is 39.4 Å². The third-order valence-corrected chi connectivity index (χ3v) is 6.05. The van der Waals surface area contributed by atoms with Crippen molar-refractivity contribution in [1.82, 2.24) is 4.98 Å². The van der Waals surface area contributed by atoms with Crippen LogP contribution >= 0.6 is 27.3 Å². The fourth-order valence-corrected chi connectivity index (χ4v) is 5.08. The van der Waals surface area contributed by atoms with Crippen molar-refractivity contribution < 1.29 is 14.7 Å². The lowest BCUT2D eigenvalue weighted by molar-refractivity contribution is -0.146. The minimum absolute atomic E-state index is 0.0182. The summed E-state index contributed by atoms with van der Waals surface area (Å²) in [6, 6.07) is 5.73. The number of nitrogens with one attached hydrogen (secondary N) is 1. The van der Waals surface area contributed by atoms with E-state index in [4.69, 9.17) is 0 Å². The molecule has 2 N–H and O–H groups in total. The van der Waals surface area contributed by atoms with Crippen LogP contribution in [0, 0.1) is 23.7 Å². The Morgan fingerprint density at radius 3 is 2.74 bits per heavy atom. The number of rotatable bonds is 3. The number of allylic oxidation sites excluding steroid dienone is 2. The number of fused-ring (bicyclic) bond motifs is 3. The van der Waals surface area contributed by atoms with Gasteiger partial charge in [-0.25, -0.2) is 4.98 Å². The first-order valence-corrected chi connectivity index (χ1v) is 8.92. The lowest BCUT2D eigenvalue weighted by Gasteiger charge is -2.23. The summed E-state index contributed by atoms with van der Waals surface area (Å²) in [5, 5.41) is 12.8. The highest BCUT2D eigenvalue weighted by molar-refractivity contribution is 9.10. The van der Waals surface area contributed by atoms with Gasteiger partial charge in [-0.3, -0.25) is 9.59 Å². The van der Waals surface area contributed by atoms with Crippen LogP contribution in [-0.2, 0) is 9.59 Å². The van der Waals surface area contributed by atoms with Crippen molar-refractivity contribution >= 4 is 54.5 Å². The monoisotopic (exact) mass is 392 g/mol. The van der Waals surface area contributed by atoms with Crippen LogP contribution < -0.4 is 5.32 Å². The normalized spacial score (nSPS) is 28.4. The molecule has 1 aromatic heterocycles. The third kappa shape index (κ3) is 2.48. The number of thiazole rings is 1. The van der Waals surface area contributed by atoms with Gasteiger partial charge in [0.1, 0.15) is 0 Å². The average molecular weight is 393 g/mol. The molecule has 0 saturated heterocycles. The number of hydrogen-bond acceptors (Lipinski definition) is 4. The number of anilines is 1. The Morgan fingerprint density at radius 1 is 1.26 bits per heavy atom. The summed E-state index contributed by atoms with van der Waals surface area (Å²) in [6.45, 7) is 0. The third-order valence-electron chi connectivity index (χ3n) is 4.63. The largest absolute Gasteiger partial charge is 0.481 e. The molecule has 0 spiro atoms. The van der Waals surface area contributed by atoms with E-state index in [1.165, 1.54) is 11.3 Å². The number of carbonyl (C=O) groups is 2. The maximum Gasteiger partial charge on any atom is 0.307 e. The molecule has 5 nitrogen and oxygen atoms in total. The zero-order chi connectivity index (χ0) is 16.1. The molecule has 1 fully saturated rings. The van der Waals surface area contributed by atoms with Crippen LogP contribution in [0.2, 0.25) is 0 Å². The molecule has 7 heteroatoms. The van der Waals surface area contributed by atoms with Crippen LogP contribution in [0.25, 0.3) is 10.2 Å². The van der Waals surface area contributed by atoms with Crippen LogP contribution in [0.1, 0.15) is 6.42 Å². The number of halogens is 1. The second-order valence-electron chi connectivity index (χ2n) is 5.96. The van der Waals surface area contributed by atoms with Crippen molar-refractivity contribution in [2.24, 2.45) is 23.7 Å². The summed E-state index contributed by atoms with van der Waals surface area (Å²) < 4.78 is 1.92. The highest BCUT2D eigenvalue weighted by atomic mass is 79.9. The molecule has 0 unspecified atom stereocenters. The van der Waals surface area contributed by atoms with E-state index in [2.05, 4.69) is 26.2 Å². The molecule has 2 aliphatic carbocycles. The number of aliphatic carboxylic acids is 1.